The second-order valence-electron chi connectivity index (χ2n) is 2.85. The largest absolute Gasteiger partial charge is 0.293 e. The van der Waals surface area contributed by atoms with Crippen molar-refractivity contribution in [1.82, 2.24) is 10.1 Å². The van der Waals surface area contributed by atoms with Crippen molar-refractivity contribution in [3.63, 3.8) is 0 Å². The molecular weight excluding hydrogens is 345 g/mol. The second kappa shape index (κ2) is 5.57. The van der Waals surface area contributed by atoms with Gasteiger partial charge in [-0.05, 0) is 46.9 Å². The van der Waals surface area contributed by atoms with Crippen LogP contribution in [0, 0.1) is 3.57 Å². The van der Waals surface area contributed by atoms with Crippen molar-refractivity contribution in [3.05, 3.63) is 27.8 Å². The maximum absolute atomic E-state index is 11.6. The number of hydrogen-bond donors (Lipinski definition) is 3. The number of nitrogens with one attached hydrogen (secondary N) is 2. The summed E-state index contributed by atoms with van der Waals surface area (Å²) in [5.74, 6) is 4.22. The van der Waals surface area contributed by atoms with Crippen LogP contribution in [0.25, 0.3) is 0 Å². The van der Waals surface area contributed by atoms with Crippen molar-refractivity contribution in [3.8, 4) is 0 Å². The Bertz CT molecular complexity index is 472. The molecule has 6 nitrogen and oxygen atoms in total. The van der Waals surface area contributed by atoms with E-state index in [0.717, 1.165) is 3.57 Å². The van der Waals surface area contributed by atoms with Gasteiger partial charge < -0.3 is 0 Å². The van der Waals surface area contributed by atoms with Crippen molar-refractivity contribution in [2.45, 2.75) is 4.90 Å². The number of halogens is 1. The average molecular weight is 355 g/mol. The Labute approximate surface area is 107 Å². The summed E-state index contributed by atoms with van der Waals surface area (Å²) in [6, 6.07) is 6.26. The number of sulfonamides is 1. The molecule has 0 unspecified atom stereocenters. The van der Waals surface area contributed by atoms with E-state index in [1.165, 1.54) is 12.1 Å². The van der Waals surface area contributed by atoms with Gasteiger partial charge in [-0.2, -0.15) is 0 Å². The van der Waals surface area contributed by atoms with Crippen LogP contribution in [0.4, 0.5) is 0 Å². The fourth-order valence-corrected chi connectivity index (χ4v) is 2.25. The maximum atomic E-state index is 11.6. The lowest BCUT2D eigenvalue weighted by molar-refractivity contribution is -0.120. The Morgan fingerprint density at radius 1 is 1.31 bits per heavy atom. The molecule has 0 aliphatic heterocycles. The van der Waals surface area contributed by atoms with E-state index in [1.54, 1.807) is 12.1 Å². The highest BCUT2D eigenvalue weighted by Crippen LogP contribution is 2.11. The van der Waals surface area contributed by atoms with E-state index < -0.39 is 15.9 Å². The lowest BCUT2D eigenvalue weighted by Gasteiger charge is -2.05. The lowest BCUT2D eigenvalue weighted by atomic mass is 10.4. The summed E-state index contributed by atoms with van der Waals surface area (Å²) in [6.45, 7) is -0.384. The summed E-state index contributed by atoms with van der Waals surface area (Å²) < 4.78 is 26.3. The first-order chi connectivity index (χ1) is 7.45. The van der Waals surface area contributed by atoms with Gasteiger partial charge in [0, 0.05) is 3.57 Å². The molecule has 0 spiro atoms. The molecule has 0 bridgehead atoms. The highest BCUT2D eigenvalue weighted by atomic mass is 127. The van der Waals surface area contributed by atoms with Crippen LogP contribution in [0.3, 0.4) is 0 Å². The SMILES string of the molecule is NNC(=O)CNS(=O)(=O)c1ccc(I)cc1. The second-order valence-corrected chi connectivity index (χ2v) is 5.86. The van der Waals surface area contributed by atoms with Gasteiger partial charge in [0.2, 0.25) is 15.9 Å². The molecule has 16 heavy (non-hydrogen) atoms. The van der Waals surface area contributed by atoms with Crippen molar-refractivity contribution < 1.29 is 13.2 Å². The third-order valence-electron chi connectivity index (χ3n) is 1.71. The molecule has 0 aliphatic rings. The summed E-state index contributed by atoms with van der Waals surface area (Å²) in [6.07, 6.45) is 0. The predicted octanol–water partition coefficient (Wildman–Crippen LogP) is -0.441. The summed E-state index contributed by atoms with van der Waals surface area (Å²) >= 11 is 2.07. The Morgan fingerprint density at radius 3 is 2.38 bits per heavy atom. The number of carbonyl (C=O) groups is 1. The van der Waals surface area contributed by atoms with Crippen LogP contribution in [-0.2, 0) is 14.8 Å². The van der Waals surface area contributed by atoms with Gasteiger partial charge in [0.1, 0.15) is 0 Å². The van der Waals surface area contributed by atoms with Gasteiger partial charge >= 0.3 is 0 Å². The summed E-state index contributed by atoms with van der Waals surface area (Å²) in [4.78, 5) is 10.9. The molecule has 0 heterocycles. The average Bonchev–Trinajstić information content (AvgIpc) is 2.26. The number of hydrogen-bond acceptors (Lipinski definition) is 4. The molecule has 0 atom stereocenters. The number of rotatable bonds is 4. The number of hydrazine groups is 1. The molecule has 1 rings (SSSR count). The monoisotopic (exact) mass is 355 g/mol. The van der Waals surface area contributed by atoms with Crippen molar-refractivity contribution in [2.75, 3.05) is 6.54 Å². The van der Waals surface area contributed by atoms with E-state index in [4.69, 9.17) is 5.84 Å². The minimum absolute atomic E-state index is 0.109. The molecule has 88 valence electrons. The molecule has 1 aromatic carbocycles. The zero-order valence-corrected chi connectivity index (χ0v) is 11.1. The minimum atomic E-state index is -3.65. The third kappa shape index (κ3) is 3.70. The van der Waals surface area contributed by atoms with Crippen molar-refractivity contribution in [1.29, 1.82) is 0 Å². The predicted molar refractivity (Wildman–Crippen MR) is 66.7 cm³/mol. The zero-order valence-electron chi connectivity index (χ0n) is 8.10. The Kier molecular flexibility index (Phi) is 4.65. The lowest BCUT2D eigenvalue weighted by Crippen LogP contribution is -2.40. The van der Waals surface area contributed by atoms with Crippen LogP contribution >= 0.6 is 22.6 Å². The first-order valence-electron chi connectivity index (χ1n) is 4.20. The standard InChI is InChI=1S/C8H10IN3O3S/c9-6-1-3-7(4-2-6)16(14,15)11-5-8(13)12-10/h1-4,11H,5,10H2,(H,12,13). The van der Waals surface area contributed by atoms with Crippen LogP contribution in [0.2, 0.25) is 0 Å². The molecule has 4 N–H and O–H groups in total. The van der Waals surface area contributed by atoms with Gasteiger partial charge in [0.25, 0.3) is 0 Å². The molecule has 0 saturated carbocycles. The first-order valence-corrected chi connectivity index (χ1v) is 6.76. The molecule has 0 fully saturated rings. The molecular formula is C8H10IN3O3S. The van der Waals surface area contributed by atoms with E-state index in [-0.39, 0.29) is 11.4 Å². The van der Waals surface area contributed by atoms with Crippen LogP contribution in [-0.4, -0.2) is 20.9 Å². The highest BCUT2D eigenvalue weighted by Gasteiger charge is 2.14. The molecule has 0 saturated heterocycles. The molecule has 0 radical (unpaired) electrons. The van der Waals surface area contributed by atoms with Crippen molar-refractivity contribution in [2.24, 2.45) is 5.84 Å². The number of amides is 1. The number of benzene rings is 1. The maximum Gasteiger partial charge on any atom is 0.248 e. The smallest absolute Gasteiger partial charge is 0.248 e. The minimum Gasteiger partial charge on any atom is -0.293 e. The quantitative estimate of drug-likeness (QED) is 0.295. The topological polar surface area (TPSA) is 101 Å². The van der Waals surface area contributed by atoms with E-state index in [2.05, 4.69) is 27.3 Å². The van der Waals surface area contributed by atoms with Crippen LogP contribution < -0.4 is 16.0 Å². The van der Waals surface area contributed by atoms with Gasteiger partial charge in [-0.3, -0.25) is 10.2 Å². The van der Waals surface area contributed by atoms with Crippen LogP contribution in [0.5, 0.6) is 0 Å². The van der Waals surface area contributed by atoms with Gasteiger partial charge in [0.15, 0.2) is 0 Å². The Morgan fingerprint density at radius 2 is 1.88 bits per heavy atom. The summed E-state index contributed by atoms with van der Waals surface area (Å²) in [7, 11) is -3.65. The molecule has 0 aliphatic carbocycles. The summed E-state index contributed by atoms with van der Waals surface area (Å²) in [5.41, 5.74) is 1.83. The molecule has 8 heteroatoms. The van der Waals surface area contributed by atoms with Crippen molar-refractivity contribution >= 4 is 38.5 Å². The van der Waals surface area contributed by atoms with Crippen LogP contribution in [0.15, 0.2) is 29.2 Å². The highest BCUT2D eigenvalue weighted by molar-refractivity contribution is 14.1. The number of nitrogens with two attached hydrogens (primary N) is 1. The molecule has 0 aromatic heterocycles. The third-order valence-corrected chi connectivity index (χ3v) is 3.84. The molecule has 1 aromatic rings. The first kappa shape index (κ1) is 13.4. The van der Waals surface area contributed by atoms with Gasteiger partial charge in [-0.1, -0.05) is 0 Å². The fourth-order valence-electron chi connectivity index (χ4n) is 0.909. The van der Waals surface area contributed by atoms with E-state index >= 15 is 0 Å². The fraction of sp³-hybridized carbons (Fsp3) is 0.125. The molecule has 1 amide bonds. The zero-order chi connectivity index (χ0) is 12.2. The van der Waals surface area contributed by atoms with Gasteiger partial charge in [0.05, 0.1) is 11.4 Å². The Hall–Kier alpha value is -0.710. The normalized spacial score (nSPS) is 11.1. The van der Waals surface area contributed by atoms with Crippen LogP contribution in [0.1, 0.15) is 0 Å². The van der Waals surface area contributed by atoms with E-state index in [1.807, 2.05) is 5.43 Å². The van der Waals surface area contributed by atoms with Gasteiger partial charge in [-0.15, -0.1) is 0 Å². The number of carbonyl (C=O) groups excluding carboxylic acids is 1. The Balaban J connectivity index is 2.78. The van der Waals surface area contributed by atoms with Gasteiger partial charge in [-0.25, -0.2) is 19.0 Å². The van der Waals surface area contributed by atoms with E-state index in [9.17, 15) is 13.2 Å². The summed E-state index contributed by atoms with van der Waals surface area (Å²) in [5, 5.41) is 0. The van der Waals surface area contributed by atoms with E-state index in [0.29, 0.717) is 0 Å².